The Morgan fingerprint density at radius 1 is 1.14 bits per heavy atom. The Labute approximate surface area is 135 Å². The van der Waals surface area contributed by atoms with Crippen molar-refractivity contribution < 1.29 is 4.52 Å². The summed E-state index contributed by atoms with van der Waals surface area (Å²) in [5.74, 6) is 0.288. The van der Waals surface area contributed by atoms with Gasteiger partial charge in [0, 0.05) is 20.6 Å². The zero-order valence-corrected chi connectivity index (χ0v) is 13.6. The summed E-state index contributed by atoms with van der Waals surface area (Å²) in [4.78, 5) is 0. The largest absolute Gasteiger partial charge is 0.367 e. The minimum Gasteiger partial charge on any atom is -0.367 e. The molecule has 21 heavy (non-hydrogen) atoms. The van der Waals surface area contributed by atoms with Crippen molar-refractivity contribution in [1.82, 2.24) is 5.16 Å². The molecule has 0 aliphatic rings. The second-order valence-corrected chi connectivity index (χ2v) is 6.00. The van der Waals surface area contributed by atoms with Gasteiger partial charge in [0.2, 0.25) is 5.88 Å². The minimum absolute atomic E-state index is 0.288. The summed E-state index contributed by atoms with van der Waals surface area (Å²) < 4.78 is 6.15. The van der Waals surface area contributed by atoms with Crippen LogP contribution in [0.1, 0.15) is 5.56 Å². The number of anilines is 1. The fourth-order valence-corrected chi connectivity index (χ4v) is 2.92. The standard InChI is InChI=1S/C16H12BrClN2O/c1-9-6-7-10(18)8-12(9)15-14(16(19)21-20-15)11-4-2-3-5-13(11)17/h2-8H,19H2,1H3. The fraction of sp³-hybridized carbons (Fsp3) is 0.0625. The molecule has 0 radical (unpaired) electrons. The third-order valence-electron chi connectivity index (χ3n) is 3.32. The van der Waals surface area contributed by atoms with E-state index in [1.807, 2.05) is 49.4 Å². The van der Waals surface area contributed by atoms with E-state index in [4.69, 9.17) is 21.9 Å². The number of halogens is 2. The van der Waals surface area contributed by atoms with Gasteiger partial charge in [0.05, 0.1) is 5.56 Å². The fourth-order valence-electron chi connectivity index (χ4n) is 2.26. The van der Waals surface area contributed by atoms with Crippen molar-refractivity contribution >= 4 is 33.4 Å². The SMILES string of the molecule is Cc1ccc(Cl)cc1-c1noc(N)c1-c1ccccc1Br. The van der Waals surface area contributed by atoms with Crippen molar-refractivity contribution in [3.05, 3.63) is 57.5 Å². The Hall–Kier alpha value is -1.78. The summed E-state index contributed by atoms with van der Waals surface area (Å²) in [7, 11) is 0. The molecule has 0 saturated carbocycles. The van der Waals surface area contributed by atoms with Gasteiger partial charge in [0.1, 0.15) is 5.69 Å². The third-order valence-corrected chi connectivity index (χ3v) is 4.24. The quantitative estimate of drug-likeness (QED) is 0.671. The molecule has 0 spiro atoms. The first-order chi connectivity index (χ1) is 10.1. The Morgan fingerprint density at radius 2 is 1.90 bits per heavy atom. The maximum atomic E-state index is 6.10. The molecule has 0 atom stereocenters. The van der Waals surface area contributed by atoms with Gasteiger partial charge in [-0.1, -0.05) is 57.0 Å². The molecule has 0 amide bonds. The van der Waals surface area contributed by atoms with Crippen LogP contribution in [0, 0.1) is 6.92 Å². The first-order valence-corrected chi connectivity index (χ1v) is 7.51. The highest BCUT2D eigenvalue weighted by atomic mass is 79.9. The molecule has 1 aromatic heterocycles. The Bertz CT molecular complexity index is 814. The van der Waals surface area contributed by atoms with E-state index in [0.717, 1.165) is 26.7 Å². The van der Waals surface area contributed by atoms with E-state index in [9.17, 15) is 0 Å². The zero-order valence-electron chi connectivity index (χ0n) is 11.2. The van der Waals surface area contributed by atoms with Crippen LogP contribution in [0.15, 0.2) is 51.5 Å². The lowest BCUT2D eigenvalue weighted by Crippen LogP contribution is -1.90. The van der Waals surface area contributed by atoms with Crippen LogP contribution in [-0.2, 0) is 0 Å². The van der Waals surface area contributed by atoms with E-state index in [0.29, 0.717) is 10.7 Å². The molecule has 0 aliphatic carbocycles. The first-order valence-electron chi connectivity index (χ1n) is 6.34. The number of aryl methyl sites for hydroxylation is 1. The smallest absolute Gasteiger partial charge is 0.230 e. The number of nitrogens with zero attached hydrogens (tertiary/aromatic N) is 1. The average molecular weight is 364 g/mol. The monoisotopic (exact) mass is 362 g/mol. The highest BCUT2D eigenvalue weighted by molar-refractivity contribution is 9.10. The average Bonchev–Trinajstić information content (AvgIpc) is 2.84. The van der Waals surface area contributed by atoms with Crippen LogP contribution in [0.5, 0.6) is 0 Å². The maximum absolute atomic E-state index is 6.10. The molecule has 2 aromatic carbocycles. The van der Waals surface area contributed by atoms with Gasteiger partial charge >= 0.3 is 0 Å². The van der Waals surface area contributed by atoms with E-state index in [1.54, 1.807) is 0 Å². The molecule has 5 heteroatoms. The van der Waals surface area contributed by atoms with Crippen LogP contribution in [0.4, 0.5) is 5.88 Å². The van der Waals surface area contributed by atoms with Crippen LogP contribution in [0.3, 0.4) is 0 Å². The van der Waals surface area contributed by atoms with Gasteiger partial charge in [0.15, 0.2) is 0 Å². The van der Waals surface area contributed by atoms with Gasteiger partial charge in [-0.25, -0.2) is 0 Å². The molecule has 0 aliphatic heterocycles. The molecule has 1 heterocycles. The van der Waals surface area contributed by atoms with Gasteiger partial charge in [0.25, 0.3) is 0 Å². The second-order valence-electron chi connectivity index (χ2n) is 4.71. The van der Waals surface area contributed by atoms with Crippen molar-refractivity contribution in [2.45, 2.75) is 6.92 Å². The summed E-state index contributed by atoms with van der Waals surface area (Å²) in [5.41, 5.74) is 10.4. The topological polar surface area (TPSA) is 52.0 Å². The number of rotatable bonds is 2. The van der Waals surface area contributed by atoms with Crippen LogP contribution < -0.4 is 5.73 Å². The first kappa shape index (κ1) is 14.2. The summed E-state index contributed by atoms with van der Waals surface area (Å²) in [6.07, 6.45) is 0. The number of hydrogen-bond acceptors (Lipinski definition) is 3. The molecule has 0 fully saturated rings. The lowest BCUT2D eigenvalue weighted by molar-refractivity contribution is 0.439. The number of aromatic nitrogens is 1. The van der Waals surface area contributed by atoms with Gasteiger partial charge in [-0.3, -0.25) is 0 Å². The van der Waals surface area contributed by atoms with E-state index in [-0.39, 0.29) is 5.88 Å². The van der Waals surface area contributed by atoms with E-state index < -0.39 is 0 Å². The Balaban J connectivity index is 2.27. The number of nitrogens with two attached hydrogens (primary N) is 1. The molecular weight excluding hydrogens is 352 g/mol. The maximum Gasteiger partial charge on any atom is 0.230 e. The van der Waals surface area contributed by atoms with Crippen molar-refractivity contribution in [2.24, 2.45) is 0 Å². The minimum atomic E-state index is 0.288. The lowest BCUT2D eigenvalue weighted by atomic mass is 9.98. The molecule has 2 N–H and O–H groups in total. The highest BCUT2D eigenvalue weighted by Crippen LogP contribution is 2.40. The van der Waals surface area contributed by atoms with Crippen molar-refractivity contribution in [3.8, 4) is 22.4 Å². The predicted octanol–water partition coefficient (Wildman–Crippen LogP) is 5.32. The summed E-state index contributed by atoms with van der Waals surface area (Å²) in [5, 5.41) is 4.77. The van der Waals surface area contributed by atoms with Crippen molar-refractivity contribution in [2.75, 3.05) is 5.73 Å². The molecule has 0 saturated heterocycles. The van der Waals surface area contributed by atoms with E-state index in [2.05, 4.69) is 21.1 Å². The highest BCUT2D eigenvalue weighted by Gasteiger charge is 2.20. The van der Waals surface area contributed by atoms with Crippen molar-refractivity contribution in [3.63, 3.8) is 0 Å². The second kappa shape index (κ2) is 5.54. The van der Waals surface area contributed by atoms with Crippen LogP contribution >= 0.6 is 27.5 Å². The number of hydrogen-bond donors (Lipinski definition) is 1. The van der Waals surface area contributed by atoms with Crippen LogP contribution in [0.25, 0.3) is 22.4 Å². The predicted molar refractivity (Wildman–Crippen MR) is 89.2 cm³/mol. The summed E-state index contributed by atoms with van der Waals surface area (Å²) in [6.45, 7) is 2.00. The van der Waals surface area contributed by atoms with Crippen LogP contribution in [0.2, 0.25) is 5.02 Å². The van der Waals surface area contributed by atoms with Gasteiger partial charge < -0.3 is 10.3 Å². The van der Waals surface area contributed by atoms with Gasteiger partial charge in [-0.2, -0.15) is 0 Å². The molecule has 0 unspecified atom stereocenters. The molecular formula is C16H12BrClN2O. The lowest BCUT2D eigenvalue weighted by Gasteiger charge is -2.07. The zero-order chi connectivity index (χ0) is 15.0. The number of nitrogen functional groups attached to an aromatic ring is 1. The number of benzene rings is 2. The summed E-state index contributed by atoms with van der Waals surface area (Å²) in [6, 6.07) is 13.5. The van der Waals surface area contributed by atoms with E-state index >= 15 is 0 Å². The molecule has 106 valence electrons. The molecule has 3 aromatic rings. The van der Waals surface area contributed by atoms with Gasteiger partial charge in [-0.15, -0.1) is 0 Å². The third kappa shape index (κ3) is 2.57. The Morgan fingerprint density at radius 3 is 2.67 bits per heavy atom. The summed E-state index contributed by atoms with van der Waals surface area (Å²) >= 11 is 9.64. The van der Waals surface area contributed by atoms with Gasteiger partial charge in [-0.05, 0) is 30.7 Å². The molecule has 3 nitrogen and oxygen atoms in total. The van der Waals surface area contributed by atoms with Crippen LogP contribution in [-0.4, -0.2) is 5.16 Å². The van der Waals surface area contributed by atoms with E-state index in [1.165, 1.54) is 0 Å². The molecule has 0 bridgehead atoms. The normalized spacial score (nSPS) is 10.8. The van der Waals surface area contributed by atoms with Crippen molar-refractivity contribution in [1.29, 1.82) is 0 Å². The molecule has 3 rings (SSSR count). The Kier molecular flexibility index (Phi) is 3.74.